The van der Waals surface area contributed by atoms with Crippen molar-refractivity contribution in [2.75, 3.05) is 6.61 Å². The van der Waals surface area contributed by atoms with E-state index in [0.717, 1.165) is 6.07 Å². The molecule has 0 bridgehead atoms. The third kappa shape index (κ3) is 4.51. The summed E-state index contributed by atoms with van der Waals surface area (Å²) in [6.07, 6.45) is -4.42. The van der Waals surface area contributed by atoms with E-state index in [-0.39, 0.29) is 5.75 Å². The van der Waals surface area contributed by atoms with Gasteiger partial charge in [0.2, 0.25) is 0 Å². The summed E-state index contributed by atoms with van der Waals surface area (Å²) in [7, 11) is 0. The topological polar surface area (TPSA) is 9.23 Å². The van der Waals surface area contributed by atoms with E-state index in [1.54, 1.807) is 0 Å². The van der Waals surface area contributed by atoms with Gasteiger partial charge in [0.1, 0.15) is 11.6 Å². The van der Waals surface area contributed by atoms with Crippen LogP contribution in [0.5, 0.6) is 5.75 Å². The van der Waals surface area contributed by atoms with Crippen molar-refractivity contribution in [2.24, 2.45) is 0 Å². The Morgan fingerprint density at radius 2 is 1.87 bits per heavy atom. The first-order valence-electron chi connectivity index (χ1n) is 3.96. The number of alkyl halides is 4. The molecular weight excluding hydrogens is 280 g/mol. The molecule has 0 aliphatic carbocycles. The Morgan fingerprint density at radius 3 is 2.40 bits per heavy atom. The van der Waals surface area contributed by atoms with Crippen molar-refractivity contribution in [1.82, 2.24) is 0 Å². The molecule has 1 nitrogen and oxygen atoms in total. The summed E-state index contributed by atoms with van der Waals surface area (Å²) < 4.78 is 52.6. The summed E-state index contributed by atoms with van der Waals surface area (Å²) in [5.74, 6) is -0.745. The molecule has 0 spiro atoms. The minimum atomic E-state index is -4.42. The molecule has 0 N–H and O–H groups in total. The lowest BCUT2D eigenvalue weighted by Crippen LogP contribution is -2.19. The summed E-state index contributed by atoms with van der Waals surface area (Å²) in [4.78, 5) is 0. The smallest absolute Gasteiger partial charge is 0.422 e. The first-order valence-corrected chi connectivity index (χ1v) is 5.08. The average molecular weight is 287 g/mol. The van der Waals surface area contributed by atoms with Crippen LogP contribution in [0.2, 0.25) is 0 Å². The zero-order valence-corrected chi connectivity index (χ0v) is 9.03. The molecule has 0 aromatic heterocycles. The molecule has 15 heavy (non-hydrogen) atoms. The molecule has 1 aromatic carbocycles. The Hall–Kier alpha value is -0.780. The van der Waals surface area contributed by atoms with E-state index < -0.39 is 18.6 Å². The van der Waals surface area contributed by atoms with Crippen LogP contribution in [0.15, 0.2) is 18.2 Å². The molecule has 0 aliphatic rings. The van der Waals surface area contributed by atoms with Crippen LogP contribution < -0.4 is 4.74 Å². The van der Waals surface area contributed by atoms with Crippen LogP contribution >= 0.6 is 15.9 Å². The van der Waals surface area contributed by atoms with Crippen LogP contribution in [0.4, 0.5) is 17.6 Å². The summed E-state index contributed by atoms with van der Waals surface area (Å²) in [5, 5.41) is 0.354. The van der Waals surface area contributed by atoms with E-state index in [2.05, 4.69) is 20.7 Å². The quantitative estimate of drug-likeness (QED) is 0.609. The van der Waals surface area contributed by atoms with Crippen molar-refractivity contribution in [2.45, 2.75) is 11.5 Å². The first kappa shape index (κ1) is 12.3. The van der Waals surface area contributed by atoms with Gasteiger partial charge in [-0.3, -0.25) is 0 Å². The van der Waals surface area contributed by atoms with Gasteiger partial charge in [0.25, 0.3) is 0 Å². The molecule has 1 rings (SSSR count). The van der Waals surface area contributed by atoms with E-state index >= 15 is 0 Å². The minimum Gasteiger partial charge on any atom is -0.484 e. The van der Waals surface area contributed by atoms with Gasteiger partial charge in [-0.15, -0.1) is 0 Å². The fraction of sp³-hybridized carbons (Fsp3) is 0.333. The van der Waals surface area contributed by atoms with Crippen LogP contribution in [0, 0.1) is 5.82 Å². The molecule has 0 radical (unpaired) electrons. The Kier molecular flexibility index (Phi) is 3.96. The molecule has 1 aromatic rings. The van der Waals surface area contributed by atoms with Crippen LogP contribution in [0.1, 0.15) is 5.56 Å². The van der Waals surface area contributed by atoms with E-state index in [9.17, 15) is 17.6 Å². The predicted octanol–water partition coefficient (Wildman–Crippen LogP) is 3.66. The molecule has 0 heterocycles. The highest BCUT2D eigenvalue weighted by Gasteiger charge is 2.28. The molecule has 0 saturated carbocycles. The SMILES string of the molecule is Fc1cc(CBr)cc(OCC(F)(F)F)c1. The average Bonchev–Trinajstić information content (AvgIpc) is 2.13. The molecular formula is C9H7BrF4O. The zero-order chi connectivity index (χ0) is 11.5. The van der Waals surface area contributed by atoms with Gasteiger partial charge in [-0.25, -0.2) is 4.39 Å². The fourth-order valence-electron chi connectivity index (χ4n) is 0.946. The van der Waals surface area contributed by atoms with E-state index in [1.807, 2.05) is 0 Å². The van der Waals surface area contributed by atoms with Crippen LogP contribution in [-0.2, 0) is 5.33 Å². The number of halogens is 5. The molecule has 0 amide bonds. The maximum absolute atomic E-state index is 12.9. The number of ether oxygens (including phenoxy) is 1. The maximum atomic E-state index is 12.9. The molecule has 6 heteroatoms. The second-order valence-electron chi connectivity index (χ2n) is 2.83. The van der Waals surface area contributed by atoms with Gasteiger partial charge < -0.3 is 4.74 Å². The Labute approximate surface area is 92.2 Å². The van der Waals surface area contributed by atoms with Crippen LogP contribution in [-0.4, -0.2) is 12.8 Å². The number of hydrogen-bond acceptors (Lipinski definition) is 1. The Balaban J connectivity index is 2.73. The van der Waals surface area contributed by atoms with Gasteiger partial charge in [0, 0.05) is 11.4 Å². The van der Waals surface area contributed by atoms with Crippen LogP contribution in [0.3, 0.4) is 0 Å². The van der Waals surface area contributed by atoms with E-state index in [4.69, 9.17) is 0 Å². The summed E-state index contributed by atoms with van der Waals surface area (Å²) in [6, 6.07) is 3.48. The highest BCUT2D eigenvalue weighted by Crippen LogP contribution is 2.21. The minimum absolute atomic E-state index is 0.123. The lowest BCUT2D eigenvalue weighted by atomic mass is 10.2. The fourth-order valence-corrected chi connectivity index (χ4v) is 1.27. The maximum Gasteiger partial charge on any atom is 0.422 e. The lowest BCUT2D eigenvalue weighted by molar-refractivity contribution is -0.153. The molecule has 0 fully saturated rings. The van der Waals surface area contributed by atoms with Crippen molar-refractivity contribution in [3.8, 4) is 5.75 Å². The van der Waals surface area contributed by atoms with Gasteiger partial charge in [-0.2, -0.15) is 13.2 Å². The largest absolute Gasteiger partial charge is 0.484 e. The van der Waals surface area contributed by atoms with Crippen molar-refractivity contribution in [1.29, 1.82) is 0 Å². The van der Waals surface area contributed by atoms with E-state index in [0.29, 0.717) is 10.9 Å². The molecule has 0 saturated heterocycles. The summed E-state index contributed by atoms with van der Waals surface area (Å²) >= 11 is 3.07. The van der Waals surface area contributed by atoms with Gasteiger partial charge >= 0.3 is 6.18 Å². The normalized spacial score (nSPS) is 11.5. The van der Waals surface area contributed by atoms with Gasteiger partial charge in [0.15, 0.2) is 6.61 Å². The van der Waals surface area contributed by atoms with Gasteiger partial charge in [-0.05, 0) is 17.7 Å². The number of hydrogen-bond donors (Lipinski definition) is 0. The summed E-state index contributed by atoms with van der Waals surface area (Å²) in [5.41, 5.74) is 0.521. The van der Waals surface area contributed by atoms with Gasteiger partial charge in [0.05, 0.1) is 0 Å². The standard InChI is InChI=1S/C9H7BrF4O/c10-4-6-1-7(11)3-8(2-6)15-5-9(12,13)14/h1-3H,4-5H2. The molecule has 84 valence electrons. The second kappa shape index (κ2) is 4.83. The lowest BCUT2D eigenvalue weighted by Gasteiger charge is -2.09. The van der Waals surface area contributed by atoms with Gasteiger partial charge in [-0.1, -0.05) is 15.9 Å². The predicted molar refractivity (Wildman–Crippen MR) is 50.6 cm³/mol. The van der Waals surface area contributed by atoms with Crippen LogP contribution in [0.25, 0.3) is 0 Å². The highest BCUT2D eigenvalue weighted by atomic mass is 79.9. The Morgan fingerprint density at radius 1 is 1.20 bits per heavy atom. The number of rotatable bonds is 3. The first-order chi connectivity index (χ1) is 6.90. The molecule has 0 unspecified atom stereocenters. The zero-order valence-electron chi connectivity index (χ0n) is 7.44. The third-order valence-electron chi connectivity index (χ3n) is 1.49. The number of benzene rings is 1. The third-order valence-corrected chi connectivity index (χ3v) is 2.14. The van der Waals surface area contributed by atoms with Crippen molar-refractivity contribution < 1.29 is 22.3 Å². The molecule has 0 atom stereocenters. The Bertz CT molecular complexity index is 337. The molecule has 0 aliphatic heterocycles. The second-order valence-corrected chi connectivity index (χ2v) is 3.39. The van der Waals surface area contributed by atoms with Crippen molar-refractivity contribution in [3.63, 3.8) is 0 Å². The highest BCUT2D eigenvalue weighted by molar-refractivity contribution is 9.08. The van der Waals surface area contributed by atoms with E-state index in [1.165, 1.54) is 12.1 Å². The summed E-state index contributed by atoms with van der Waals surface area (Å²) in [6.45, 7) is -1.42. The van der Waals surface area contributed by atoms with Crippen molar-refractivity contribution in [3.05, 3.63) is 29.6 Å². The monoisotopic (exact) mass is 286 g/mol. The van der Waals surface area contributed by atoms with Crippen molar-refractivity contribution >= 4 is 15.9 Å².